The molecule has 0 aliphatic heterocycles. The number of hydrogen-bond acceptors (Lipinski definition) is 4. The van der Waals surface area contributed by atoms with E-state index in [2.05, 4.69) is 20.6 Å². The van der Waals surface area contributed by atoms with Crippen molar-refractivity contribution in [3.05, 3.63) is 46.7 Å². The average molecular weight is 359 g/mol. The summed E-state index contributed by atoms with van der Waals surface area (Å²) in [7, 11) is 0. The predicted octanol–water partition coefficient (Wildman–Crippen LogP) is 4.22. The van der Waals surface area contributed by atoms with Gasteiger partial charge in [0.1, 0.15) is 5.69 Å². The molecule has 0 saturated carbocycles. The van der Waals surface area contributed by atoms with E-state index in [9.17, 15) is 18.0 Å². The van der Waals surface area contributed by atoms with Gasteiger partial charge < -0.3 is 10.6 Å². The van der Waals surface area contributed by atoms with Crippen LogP contribution in [-0.4, -0.2) is 21.9 Å². The molecule has 0 unspecified atom stereocenters. The number of nitrogens with zero attached hydrogens (tertiary/aromatic N) is 2. The second kappa shape index (κ2) is 7.04. The maximum absolute atomic E-state index is 12.8. The Labute approximate surface area is 141 Å². The van der Waals surface area contributed by atoms with E-state index >= 15 is 0 Å². The molecular weight excluding hydrogens is 345 g/mol. The zero-order valence-corrected chi connectivity index (χ0v) is 13.5. The van der Waals surface area contributed by atoms with Crippen LogP contribution in [0.1, 0.15) is 29.9 Å². The first kappa shape index (κ1) is 18.0. The largest absolute Gasteiger partial charge is 0.417 e. The summed E-state index contributed by atoms with van der Waals surface area (Å²) < 4.78 is 38.5. The van der Waals surface area contributed by atoms with Gasteiger partial charge in [0.15, 0.2) is 0 Å². The highest BCUT2D eigenvalue weighted by Crippen LogP contribution is 2.36. The van der Waals surface area contributed by atoms with Gasteiger partial charge in [-0.25, -0.2) is 9.97 Å². The topological polar surface area (TPSA) is 66.9 Å². The molecule has 1 aromatic heterocycles. The van der Waals surface area contributed by atoms with Crippen molar-refractivity contribution in [1.82, 2.24) is 9.97 Å². The second-order valence-electron chi connectivity index (χ2n) is 5.21. The third kappa shape index (κ3) is 4.58. The summed E-state index contributed by atoms with van der Waals surface area (Å²) in [6.45, 7) is 3.75. The van der Waals surface area contributed by atoms with Gasteiger partial charge in [0, 0.05) is 17.9 Å². The highest BCUT2D eigenvalue weighted by molar-refractivity contribution is 6.31. The number of hydrogen-bond donors (Lipinski definition) is 2. The Bertz CT molecular complexity index is 750. The Hall–Kier alpha value is -2.35. The third-order valence-corrected chi connectivity index (χ3v) is 3.17. The van der Waals surface area contributed by atoms with Gasteiger partial charge in [-0.2, -0.15) is 13.2 Å². The number of amides is 1. The summed E-state index contributed by atoms with van der Waals surface area (Å²) in [6, 6.07) is 4.56. The van der Waals surface area contributed by atoms with Crippen LogP contribution in [0.4, 0.5) is 24.8 Å². The van der Waals surface area contributed by atoms with Gasteiger partial charge in [-0.15, -0.1) is 0 Å². The molecule has 0 fully saturated rings. The highest BCUT2D eigenvalue weighted by atomic mass is 35.5. The number of halogens is 4. The van der Waals surface area contributed by atoms with Crippen LogP contribution in [0.25, 0.3) is 0 Å². The number of alkyl halides is 3. The summed E-state index contributed by atoms with van der Waals surface area (Å²) in [5.41, 5.74) is -1.03. The number of carbonyl (C=O) groups is 1. The Kier molecular flexibility index (Phi) is 5.28. The lowest BCUT2D eigenvalue weighted by Gasteiger charge is -2.12. The van der Waals surface area contributed by atoms with Crippen LogP contribution < -0.4 is 10.6 Å². The van der Waals surface area contributed by atoms with E-state index in [0.29, 0.717) is 0 Å². The minimum Gasteiger partial charge on any atom is -0.352 e. The van der Waals surface area contributed by atoms with E-state index in [-0.39, 0.29) is 23.4 Å². The molecule has 0 spiro atoms. The maximum atomic E-state index is 12.8. The first-order chi connectivity index (χ1) is 11.2. The molecule has 0 aliphatic rings. The second-order valence-corrected chi connectivity index (χ2v) is 5.62. The first-order valence-electron chi connectivity index (χ1n) is 6.94. The lowest BCUT2D eigenvalue weighted by molar-refractivity contribution is -0.137. The van der Waals surface area contributed by atoms with Crippen LogP contribution >= 0.6 is 11.6 Å². The normalized spacial score (nSPS) is 11.5. The van der Waals surface area contributed by atoms with E-state index in [1.807, 2.05) is 13.8 Å². The molecule has 0 radical (unpaired) electrons. The van der Waals surface area contributed by atoms with Crippen molar-refractivity contribution < 1.29 is 18.0 Å². The van der Waals surface area contributed by atoms with Gasteiger partial charge in [0.2, 0.25) is 5.95 Å². The number of anilines is 2. The van der Waals surface area contributed by atoms with Crippen LogP contribution in [0.2, 0.25) is 5.02 Å². The fraction of sp³-hybridized carbons (Fsp3) is 0.267. The first-order valence-corrected chi connectivity index (χ1v) is 7.32. The lowest BCUT2D eigenvalue weighted by atomic mass is 10.2. The standard InChI is InChI=1S/C15H14ClF3N4O/c1-8(2)21-14-20-6-5-12(23-14)13(24)22-9-3-4-11(16)10(7-9)15(17,18)19/h3-8H,1-2H3,(H,22,24)(H,20,21,23). The van der Waals surface area contributed by atoms with Crippen molar-refractivity contribution in [1.29, 1.82) is 0 Å². The average Bonchev–Trinajstić information content (AvgIpc) is 2.47. The number of aromatic nitrogens is 2. The summed E-state index contributed by atoms with van der Waals surface area (Å²) in [5.74, 6) is -0.399. The molecule has 9 heteroatoms. The molecule has 0 atom stereocenters. The van der Waals surface area contributed by atoms with Crippen molar-refractivity contribution in [2.24, 2.45) is 0 Å². The van der Waals surface area contributed by atoms with Crippen LogP contribution in [0.5, 0.6) is 0 Å². The Balaban J connectivity index is 2.21. The van der Waals surface area contributed by atoms with Gasteiger partial charge in [-0.1, -0.05) is 11.6 Å². The zero-order chi connectivity index (χ0) is 17.9. The minimum absolute atomic E-state index is 0.0247. The fourth-order valence-corrected chi connectivity index (χ4v) is 2.05. The van der Waals surface area contributed by atoms with E-state index in [0.717, 1.165) is 12.1 Å². The number of carbonyl (C=O) groups excluding carboxylic acids is 1. The molecular formula is C15H14ClF3N4O. The van der Waals surface area contributed by atoms with Gasteiger partial charge in [0.25, 0.3) is 5.91 Å². The summed E-state index contributed by atoms with van der Waals surface area (Å²) in [4.78, 5) is 20.1. The zero-order valence-electron chi connectivity index (χ0n) is 12.8. The van der Waals surface area contributed by atoms with Crippen molar-refractivity contribution in [3.8, 4) is 0 Å². The van der Waals surface area contributed by atoms with Gasteiger partial charge in [0.05, 0.1) is 10.6 Å². The molecule has 24 heavy (non-hydrogen) atoms. The van der Waals surface area contributed by atoms with Crippen molar-refractivity contribution in [2.75, 3.05) is 10.6 Å². The smallest absolute Gasteiger partial charge is 0.352 e. The molecule has 128 valence electrons. The quantitative estimate of drug-likeness (QED) is 0.858. The molecule has 1 heterocycles. The van der Waals surface area contributed by atoms with Crippen LogP contribution in [-0.2, 0) is 6.18 Å². The highest BCUT2D eigenvalue weighted by Gasteiger charge is 2.33. The van der Waals surface area contributed by atoms with Crippen LogP contribution in [0.15, 0.2) is 30.5 Å². The summed E-state index contributed by atoms with van der Waals surface area (Å²) in [6.07, 6.45) is -3.23. The van der Waals surface area contributed by atoms with Crippen molar-refractivity contribution in [2.45, 2.75) is 26.1 Å². The lowest BCUT2D eigenvalue weighted by Crippen LogP contribution is -2.18. The number of rotatable bonds is 4. The molecule has 5 nitrogen and oxygen atoms in total. The number of benzene rings is 1. The molecule has 0 aliphatic carbocycles. The molecule has 2 rings (SSSR count). The van der Waals surface area contributed by atoms with E-state index < -0.39 is 22.7 Å². The van der Waals surface area contributed by atoms with Gasteiger partial charge in [-0.3, -0.25) is 4.79 Å². The maximum Gasteiger partial charge on any atom is 0.417 e. The molecule has 0 saturated heterocycles. The summed E-state index contributed by atoms with van der Waals surface area (Å²) in [5, 5.41) is 4.86. The minimum atomic E-state index is -4.61. The SMILES string of the molecule is CC(C)Nc1nccc(C(=O)Nc2ccc(Cl)c(C(F)(F)F)c2)n1. The molecule has 0 bridgehead atoms. The number of nitrogens with one attached hydrogen (secondary N) is 2. The van der Waals surface area contributed by atoms with E-state index in [1.54, 1.807) is 0 Å². The monoisotopic (exact) mass is 358 g/mol. The van der Waals surface area contributed by atoms with Gasteiger partial charge in [-0.05, 0) is 38.1 Å². The van der Waals surface area contributed by atoms with E-state index in [4.69, 9.17) is 11.6 Å². The Morgan fingerprint density at radius 1 is 1.25 bits per heavy atom. The molecule has 1 amide bonds. The van der Waals surface area contributed by atoms with Crippen LogP contribution in [0.3, 0.4) is 0 Å². The van der Waals surface area contributed by atoms with Gasteiger partial charge >= 0.3 is 6.18 Å². The molecule has 2 N–H and O–H groups in total. The van der Waals surface area contributed by atoms with Crippen molar-refractivity contribution >= 4 is 29.1 Å². The molecule has 1 aromatic carbocycles. The summed E-state index contributed by atoms with van der Waals surface area (Å²) >= 11 is 5.54. The Morgan fingerprint density at radius 3 is 2.58 bits per heavy atom. The van der Waals surface area contributed by atoms with E-state index in [1.165, 1.54) is 18.3 Å². The van der Waals surface area contributed by atoms with Crippen molar-refractivity contribution in [3.63, 3.8) is 0 Å². The Morgan fingerprint density at radius 2 is 1.96 bits per heavy atom. The van der Waals surface area contributed by atoms with Crippen LogP contribution in [0, 0.1) is 0 Å². The fourth-order valence-electron chi connectivity index (χ4n) is 1.83. The third-order valence-electron chi connectivity index (χ3n) is 2.84. The predicted molar refractivity (Wildman–Crippen MR) is 85.2 cm³/mol. The molecule has 2 aromatic rings.